The van der Waals surface area contributed by atoms with Gasteiger partial charge in [0, 0.05) is 5.56 Å². The van der Waals surface area contributed by atoms with Crippen molar-refractivity contribution in [2.75, 3.05) is 6.61 Å². The van der Waals surface area contributed by atoms with Gasteiger partial charge in [-0.05, 0) is 55.2 Å². The summed E-state index contributed by atoms with van der Waals surface area (Å²) in [4.78, 5) is 14.0. The number of benzene rings is 2. The van der Waals surface area contributed by atoms with Crippen LogP contribution < -0.4 is 5.76 Å². The van der Waals surface area contributed by atoms with Gasteiger partial charge in [0.25, 0.3) is 0 Å². The Bertz CT molecular complexity index is 1200. The molecule has 2 N–H and O–H groups in total. The second kappa shape index (κ2) is 11.6. The van der Waals surface area contributed by atoms with Gasteiger partial charge >= 0.3 is 11.9 Å². The molecule has 3 atom stereocenters. The van der Waals surface area contributed by atoms with E-state index in [1.54, 1.807) is 0 Å². The van der Waals surface area contributed by atoms with Gasteiger partial charge in [0.15, 0.2) is 11.4 Å². The third kappa shape index (κ3) is 7.11. The molecule has 1 aromatic heterocycles. The maximum atomic E-state index is 12.9. The van der Waals surface area contributed by atoms with E-state index in [1.807, 2.05) is 24.3 Å². The molecule has 0 spiro atoms. The number of H-pyrrole nitrogens is 1. The van der Waals surface area contributed by atoms with Crippen LogP contribution in [0.4, 0.5) is 13.2 Å². The molecule has 0 aliphatic heterocycles. The first-order chi connectivity index (χ1) is 17.6. The Morgan fingerprint density at radius 3 is 2.49 bits per heavy atom. The molecule has 3 aromatic rings. The first kappa shape index (κ1) is 27.1. The predicted molar refractivity (Wildman–Crippen MR) is 134 cm³/mol. The summed E-state index contributed by atoms with van der Waals surface area (Å²) in [5.41, 5.74) is 1.17. The molecule has 0 radical (unpaired) electrons. The number of aromatic nitrogens is 2. The lowest BCUT2D eigenvalue weighted by atomic mass is 9.83. The molecule has 0 bridgehead atoms. The average Bonchev–Trinajstić information content (AvgIpc) is 3.31. The van der Waals surface area contributed by atoms with Crippen LogP contribution >= 0.6 is 0 Å². The summed E-state index contributed by atoms with van der Waals surface area (Å²) in [6.07, 6.45) is 2.62. The lowest BCUT2D eigenvalue weighted by molar-refractivity contribution is -0.272. The van der Waals surface area contributed by atoms with Crippen molar-refractivity contribution in [3.63, 3.8) is 0 Å². The molecule has 2 aromatic carbocycles. The van der Waals surface area contributed by atoms with Crippen molar-refractivity contribution >= 4 is 0 Å². The second-order valence-electron chi connectivity index (χ2n) is 10.2. The van der Waals surface area contributed by atoms with E-state index in [1.165, 1.54) is 5.56 Å². The number of aryl methyl sites for hydroxylation is 1. The second-order valence-corrected chi connectivity index (χ2v) is 10.2. The Labute approximate surface area is 213 Å². The van der Waals surface area contributed by atoms with Crippen LogP contribution in [-0.2, 0) is 11.2 Å². The highest BCUT2D eigenvalue weighted by atomic mass is 19.4. The lowest BCUT2D eigenvalue weighted by Gasteiger charge is -2.32. The Hall–Kier alpha value is -2.91. The van der Waals surface area contributed by atoms with Gasteiger partial charge in [-0.25, -0.2) is 4.79 Å². The van der Waals surface area contributed by atoms with E-state index in [0.29, 0.717) is 11.7 Å². The van der Waals surface area contributed by atoms with Crippen LogP contribution in [0.2, 0.25) is 0 Å². The molecule has 1 saturated carbocycles. The largest absolute Gasteiger partial charge is 0.439 e. The summed E-state index contributed by atoms with van der Waals surface area (Å²) in [6.45, 7) is 0.0439. The Morgan fingerprint density at radius 1 is 1.08 bits per heavy atom. The van der Waals surface area contributed by atoms with E-state index >= 15 is 0 Å². The van der Waals surface area contributed by atoms with Gasteiger partial charge in [0.05, 0.1) is 12.7 Å². The number of unbranched alkanes of at least 4 members (excludes halogenated alkanes) is 1. The smallest absolute Gasteiger partial charge is 0.379 e. The minimum atomic E-state index is -4.69. The van der Waals surface area contributed by atoms with Crippen LogP contribution in [0, 0.1) is 5.92 Å². The first-order valence-electron chi connectivity index (χ1n) is 12.8. The van der Waals surface area contributed by atoms with Crippen molar-refractivity contribution in [3.8, 4) is 22.5 Å². The quantitative estimate of drug-likeness (QED) is 0.308. The summed E-state index contributed by atoms with van der Waals surface area (Å²) < 4.78 is 48.7. The fourth-order valence-electron chi connectivity index (χ4n) is 4.92. The van der Waals surface area contributed by atoms with E-state index in [4.69, 9.17) is 4.74 Å². The van der Waals surface area contributed by atoms with Gasteiger partial charge in [-0.1, -0.05) is 79.4 Å². The van der Waals surface area contributed by atoms with Gasteiger partial charge in [0.2, 0.25) is 0 Å². The number of hydrogen-bond acceptors (Lipinski definition) is 5. The molecular formula is C28H33F3N2O4. The summed E-state index contributed by atoms with van der Waals surface area (Å²) in [5, 5.41) is 13.4. The van der Waals surface area contributed by atoms with Crippen LogP contribution in [0.1, 0.15) is 57.4 Å². The monoisotopic (exact) mass is 518 g/mol. The Morgan fingerprint density at radius 2 is 1.81 bits per heavy atom. The molecule has 1 aliphatic rings. The molecule has 0 saturated heterocycles. The van der Waals surface area contributed by atoms with Crippen LogP contribution in [0.15, 0.2) is 57.8 Å². The third-order valence-electron chi connectivity index (χ3n) is 7.16. The molecule has 1 fully saturated rings. The number of alkyl halides is 3. The molecule has 1 aliphatic carbocycles. The highest BCUT2D eigenvalue weighted by Gasteiger charge is 2.50. The van der Waals surface area contributed by atoms with E-state index < -0.39 is 24.1 Å². The highest BCUT2D eigenvalue weighted by Crippen LogP contribution is 2.34. The van der Waals surface area contributed by atoms with Gasteiger partial charge in [0.1, 0.15) is 0 Å². The number of aliphatic hydroxyl groups is 1. The summed E-state index contributed by atoms with van der Waals surface area (Å²) in [6, 6.07) is 16.0. The van der Waals surface area contributed by atoms with Crippen LogP contribution in [0.3, 0.4) is 0 Å². The number of rotatable bonds is 10. The maximum absolute atomic E-state index is 12.9. The average molecular weight is 519 g/mol. The summed E-state index contributed by atoms with van der Waals surface area (Å²) in [7, 11) is 0. The van der Waals surface area contributed by atoms with E-state index in [9.17, 15) is 23.1 Å². The van der Waals surface area contributed by atoms with Crippen molar-refractivity contribution in [3.05, 3.63) is 64.6 Å². The molecule has 6 nitrogen and oxygen atoms in total. The van der Waals surface area contributed by atoms with Gasteiger partial charge in [-0.2, -0.15) is 13.2 Å². The SMILES string of the molecule is CC(O)(COC1CCCC(CCCCc2ccc(-c3ccccc3-c3noc(=O)[nH]3)cc2)C1)C(F)(F)F. The molecule has 37 heavy (non-hydrogen) atoms. The minimum absolute atomic E-state index is 0.224. The number of ether oxygens (including phenoxy) is 1. The molecule has 1 heterocycles. The molecule has 4 rings (SSSR count). The number of hydrogen-bond donors (Lipinski definition) is 2. The number of aromatic amines is 1. The lowest BCUT2D eigenvalue weighted by Crippen LogP contribution is -2.47. The third-order valence-corrected chi connectivity index (χ3v) is 7.16. The van der Waals surface area contributed by atoms with Crippen molar-refractivity contribution in [2.24, 2.45) is 5.92 Å². The van der Waals surface area contributed by atoms with Crippen molar-refractivity contribution in [1.29, 1.82) is 0 Å². The van der Waals surface area contributed by atoms with Crippen LogP contribution in [-0.4, -0.2) is 39.7 Å². The molecular weight excluding hydrogens is 485 g/mol. The number of halogens is 3. The van der Waals surface area contributed by atoms with Crippen molar-refractivity contribution in [2.45, 2.75) is 76.2 Å². The van der Waals surface area contributed by atoms with E-state index in [2.05, 4.69) is 38.9 Å². The predicted octanol–water partition coefficient (Wildman–Crippen LogP) is 6.30. The van der Waals surface area contributed by atoms with Gasteiger partial charge in [-0.15, -0.1) is 0 Å². The van der Waals surface area contributed by atoms with E-state index in [0.717, 1.165) is 75.0 Å². The highest BCUT2D eigenvalue weighted by molar-refractivity contribution is 5.80. The van der Waals surface area contributed by atoms with Gasteiger partial charge < -0.3 is 9.84 Å². The molecule has 9 heteroatoms. The molecule has 200 valence electrons. The van der Waals surface area contributed by atoms with Crippen LogP contribution in [0.25, 0.3) is 22.5 Å². The van der Waals surface area contributed by atoms with Crippen molar-refractivity contribution < 1.29 is 27.5 Å². The molecule has 0 amide bonds. The first-order valence-corrected chi connectivity index (χ1v) is 12.8. The minimum Gasteiger partial charge on any atom is -0.379 e. The fourth-order valence-corrected chi connectivity index (χ4v) is 4.92. The topological polar surface area (TPSA) is 88.3 Å². The fraction of sp³-hybridized carbons (Fsp3) is 0.500. The zero-order valence-corrected chi connectivity index (χ0v) is 20.9. The molecule has 3 unspecified atom stereocenters. The standard InChI is InChI=1S/C28H33F3N2O4/c1-27(35,28(29,30)31)18-36-22-10-6-9-20(17-22)8-3-2-7-19-13-15-21(16-14-19)23-11-4-5-12-24(23)25-32-26(34)37-33-25/h4-5,11-16,20,22,35H,2-3,6-10,17-18H2,1H3,(H,32,33,34). The van der Waals surface area contributed by atoms with Crippen molar-refractivity contribution in [1.82, 2.24) is 10.1 Å². The number of nitrogens with zero attached hydrogens (tertiary/aromatic N) is 1. The summed E-state index contributed by atoms with van der Waals surface area (Å²) >= 11 is 0. The zero-order chi connectivity index (χ0) is 26.5. The van der Waals surface area contributed by atoms with Crippen LogP contribution in [0.5, 0.6) is 0 Å². The Kier molecular flexibility index (Phi) is 8.54. The van der Waals surface area contributed by atoms with E-state index in [-0.39, 0.29) is 6.10 Å². The Balaban J connectivity index is 1.24. The number of nitrogens with one attached hydrogen (secondary N) is 1. The normalized spacial score (nSPS) is 20.0. The van der Waals surface area contributed by atoms with Gasteiger partial charge in [-0.3, -0.25) is 9.51 Å². The zero-order valence-electron chi connectivity index (χ0n) is 20.9. The summed E-state index contributed by atoms with van der Waals surface area (Å²) in [5.74, 6) is 0.244. The maximum Gasteiger partial charge on any atom is 0.439 e.